The molecular formula is C14H12ClFN2O2. The fourth-order valence-corrected chi connectivity index (χ4v) is 2.02. The maximum Gasteiger partial charge on any atom is 0.293 e. The van der Waals surface area contributed by atoms with Crippen molar-refractivity contribution in [2.24, 2.45) is 0 Å². The van der Waals surface area contributed by atoms with Crippen molar-refractivity contribution in [3.63, 3.8) is 0 Å². The molecule has 0 bridgehead atoms. The molecule has 0 aliphatic heterocycles. The maximum absolute atomic E-state index is 13.0. The Hall–Kier alpha value is -2.14. The number of rotatable bonds is 4. The first kappa shape index (κ1) is 14.3. The fraction of sp³-hybridized carbons (Fsp3) is 0.143. The third-order valence-corrected chi connectivity index (χ3v) is 3.17. The van der Waals surface area contributed by atoms with E-state index < -0.39 is 4.92 Å². The predicted molar refractivity (Wildman–Crippen MR) is 76.6 cm³/mol. The number of benzene rings is 2. The lowest BCUT2D eigenvalue weighted by Gasteiger charge is -2.09. The van der Waals surface area contributed by atoms with Crippen molar-refractivity contribution >= 4 is 23.0 Å². The number of nitrogens with zero attached hydrogens (tertiary/aromatic N) is 1. The largest absolute Gasteiger partial charge is 0.375 e. The van der Waals surface area contributed by atoms with Gasteiger partial charge >= 0.3 is 0 Å². The van der Waals surface area contributed by atoms with Crippen LogP contribution in [0.2, 0.25) is 5.02 Å². The molecule has 0 atom stereocenters. The second-order valence-electron chi connectivity index (χ2n) is 4.34. The number of nitrogens with one attached hydrogen (secondary N) is 1. The molecule has 2 aromatic rings. The monoisotopic (exact) mass is 294 g/mol. The fourth-order valence-electron chi connectivity index (χ4n) is 1.85. The lowest BCUT2D eigenvalue weighted by atomic mass is 10.1. The quantitative estimate of drug-likeness (QED) is 0.675. The van der Waals surface area contributed by atoms with E-state index in [1.54, 1.807) is 25.1 Å². The molecule has 0 saturated heterocycles. The third-order valence-electron chi connectivity index (χ3n) is 2.93. The predicted octanol–water partition coefficient (Wildman–Crippen LogP) is 4.31. The van der Waals surface area contributed by atoms with Crippen LogP contribution in [0.4, 0.5) is 15.8 Å². The van der Waals surface area contributed by atoms with Crippen LogP contribution in [0.1, 0.15) is 11.1 Å². The zero-order chi connectivity index (χ0) is 14.7. The molecule has 0 aliphatic carbocycles. The maximum atomic E-state index is 13.0. The van der Waals surface area contributed by atoms with E-state index in [0.717, 1.165) is 11.1 Å². The van der Waals surface area contributed by atoms with Crippen molar-refractivity contribution in [3.8, 4) is 0 Å². The van der Waals surface area contributed by atoms with Crippen molar-refractivity contribution in [3.05, 3.63) is 68.5 Å². The molecule has 2 aromatic carbocycles. The van der Waals surface area contributed by atoms with E-state index in [4.69, 9.17) is 11.6 Å². The van der Waals surface area contributed by atoms with Gasteiger partial charge in [0.25, 0.3) is 5.69 Å². The molecule has 1 N–H and O–H groups in total. The van der Waals surface area contributed by atoms with Gasteiger partial charge in [0.1, 0.15) is 11.5 Å². The number of hydrogen-bond donors (Lipinski definition) is 1. The Morgan fingerprint density at radius 2 is 2.05 bits per heavy atom. The van der Waals surface area contributed by atoms with Crippen LogP contribution in [-0.2, 0) is 6.54 Å². The first-order valence-electron chi connectivity index (χ1n) is 5.90. The van der Waals surface area contributed by atoms with Crippen LogP contribution in [0.3, 0.4) is 0 Å². The van der Waals surface area contributed by atoms with Gasteiger partial charge in [0.15, 0.2) is 0 Å². The molecule has 104 valence electrons. The summed E-state index contributed by atoms with van der Waals surface area (Å²) in [5, 5.41) is 14.2. The van der Waals surface area contributed by atoms with E-state index in [-0.39, 0.29) is 11.5 Å². The number of hydrogen-bond acceptors (Lipinski definition) is 3. The minimum absolute atomic E-state index is 0.0859. The normalized spacial score (nSPS) is 10.3. The van der Waals surface area contributed by atoms with Crippen molar-refractivity contribution in [2.45, 2.75) is 13.5 Å². The van der Waals surface area contributed by atoms with Crippen LogP contribution < -0.4 is 5.32 Å². The summed E-state index contributed by atoms with van der Waals surface area (Å²) in [4.78, 5) is 10.5. The highest BCUT2D eigenvalue weighted by molar-refractivity contribution is 6.30. The minimum atomic E-state index is -0.494. The standard InChI is InChI=1S/C14H12ClFN2O2/c1-9-6-12(16)4-2-10(9)8-17-13-5-3-11(15)7-14(13)18(19)20/h2-7,17H,8H2,1H3. The van der Waals surface area contributed by atoms with Crippen LogP contribution in [0.15, 0.2) is 36.4 Å². The van der Waals surface area contributed by atoms with Crippen LogP contribution in [0.25, 0.3) is 0 Å². The molecule has 0 aliphatic rings. The molecular weight excluding hydrogens is 283 g/mol. The summed E-state index contributed by atoms with van der Waals surface area (Å²) >= 11 is 5.75. The first-order chi connectivity index (χ1) is 9.47. The number of nitro groups is 1. The van der Waals surface area contributed by atoms with Crippen LogP contribution in [0, 0.1) is 22.9 Å². The molecule has 0 radical (unpaired) electrons. The molecule has 0 spiro atoms. The molecule has 4 nitrogen and oxygen atoms in total. The van der Waals surface area contributed by atoms with E-state index in [0.29, 0.717) is 17.3 Å². The second-order valence-corrected chi connectivity index (χ2v) is 4.78. The molecule has 0 unspecified atom stereocenters. The second kappa shape index (κ2) is 5.88. The zero-order valence-electron chi connectivity index (χ0n) is 10.7. The van der Waals surface area contributed by atoms with Gasteiger partial charge in [-0.15, -0.1) is 0 Å². The molecule has 0 fully saturated rings. The van der Waals surface area contributed by atoms with Crippen LogP contribution in [-0.4, -0.2) is 4.92 Å². The number of anilines is 1. The summed E-state index contributed by atoms with van der Waals surface area (Å²) in [6.45, 7) is 2.16. The third kappa shape index (κ3) is 3.24. The number of aryl methyl sites for hydroxylation is 1. The molecule has 2 rings (SSSR count). The van der Waals surface area contributed by atoms with Gasteiger partial charge in [-0.1, -0.05) is 17.7 Å². The van der Waals surface area contributed by atoms with Crippen molar-refractivity contribution in [1.82, 2.24) is 0 Å². The lowest BCUT2D eigenvalue weighted by Crippen LogP contribution is -2.04. The van der Waals surface area contributed by atoms with Crippen molar-refractivity contribution in [1.29, 1.82) is 0 Å². The zero-order valence-corrected chi connectivity index (χ0v) is 11.4. The molecule has 0 aromatic heterocycles. The SMILES string of the molecule is Cc1cc(F)ccc1CNc1ccc(Cl)cc1[N+](=O)[O-]. The number of nitro benzene ring substituents is 1. The molecule has 0 saturated carbocycles. The number of halogens is 2. The summed E-state index contributed by atoms with van der Waals surface area (Å²) in [7, 11) is 0. The Balaban J connectivity index is 2.20. The molecule has 6 heteroatoms. The molecule has 0 amide bonds. The summed E-state index contributed by atoms with van der Waals surface area (Å²) < 4.78 is 13.0. The van der Waals surface area contributed by atoms with Gasteiger partial charge < -0.3 is 5.32 Å². The Bertz CT molecular complexity index is 662. The minimum Gasteiger partial charge on any atom is -0.375 e. The van der Waals surface area contributed by atoms with Gasteiger partial charge in [0.2, 0.25) is 0 Å². The summed E-state index contributed by atoms with van der Waals surface area (Å²) in [6.07, 6.45) is 0. The van der Waals surface area contributed by atoms with Crippen molar-refractivity contribution < 1.29 is 9.31 Å². The van der Waals surface area contributed by atoms with E-state index in [1.165, 1.54) is 18.2 Å². The summed E-state index contributed by atoms with van der Waals surface area (Å²) in [6, 6.07) is 8.86. The average molecular weight is 295 g/mol. The summed E-state index contributed by atoms with van der Waals surface area (Å²) in [5.74, 6) is -0.302. The Morgan fingerprint density at radius 3 is 2.70 bits per heavy atom. The molecule has 20 heavy (non-hydrogen) atoms. The van der Waals surface area contributed by atoms with Crippen LogP contribution >= 0.6 is 11.6 Å². The highest BCUT2D eigenvalue weighted by Crippen LogP contribution is 2.28. The topological polar surface area (TPSA) is 55.2 Å². The van der Waals surface area contributed by atoms with Gasteiger partial charge in [0.05, 0.1) is 4.92 Å². The van der Waals surface area contributed by atoms with Gasteiger partial charge in [-0.2, -0.15) is 0 Å². The van der Waals surface area contributed by atoms with Crippen LogP contribution in [0.5, 0.6) is 0 Å². The average Bonchev–Trinajstić information content (AvgIpc) is 2.38. The lowest BCUT2D eigenvalue weighted by molar-refractivity contribution is -0.383. The smallest absolute Gasteiger partial charge is 0.293 e. The van der Waals surface area contributed by atoms with E-state index in [2.05, 4.69) is 5.32 Å². The Kier molecular flexibility index (Phi) is 4.20. The van der Waals surface area contributed by atoms with Gasteiger partial charge in [-0.3, -0.25) is 10.1 Å². The van der Waals surface area contributed by atoms with Gasteiger partial charge in [-0.25, -0.2) is 4.39 Å². The highest BCUT2D eigenvalue weighted by atomic mass is 35.5. The highest BCUT2D eigenvalue weighted by Gasteiger charge is 2.14. The first-order valence-corrected chi connectivity index (χ1v) is 6.28. The van der Waals surface area contributed by atoms with E-state index in [1.807, 2.05) is 0 Å². The Labute approximate surface area is 120 Å². The van der Waals surface area contributed by atoms with E-state index >= 15 is 0 Å². The van der Waals surface area contributed by atoms with Gasteiger partial charge in [-0.05, 0) is 42.3 Å². The van der Waals surface area contributed by atoms with E-state index in [9.17, 15) is 14.5 Å². The van der Waals surface area contributed by atoms with Gasteiger partial charge in [0, 0.05) is 17.6 Å². The Morgan fingerprint density at radius 1 is 1.30 bits per heavy atom. The molecule has 0 heterocycles. The van der Waals surface area contributed by atoms with Crippen molar-refractivity contribution in [2.75, 3.05) is 5.32 Å². The summed E-state index contributed by atoms with van der Waals surface area (Å²) in [5.41, 5.74) is 1.95.